The fraction of sp³-hybridized carbons (Fsp3) is 0.444. The van der Waals surface area contributed by atoms with E-state index in [4.69, 9.17) is 15.5 Å². The van der Waals surface area contributed by atoms with Gasteiger partial charge < -0.3 is 15.4 Å². The summed E-state index contributed by atoms with van der Waals surface area (Å²) in [5.41, 5.74) is 6.46. The van der Waals surface area contributed by atoms with Crippen molar-refractivity contribution in [3.05, 3.63) is 53.7 Å². The van der Waals surface area contributed by atoms with Gasteiger partial charge >= 0.3 is 0 Å². The zero-order valence-corrected chi connectivity index (χ0v) is 24.1. The lowest BCUT2D eigenvalue weighted by Crippen LogP contribution is -2.41. The molecule has 0 bridgehead atoms. The monoisotopic (exact) mass is 555 g/mol. The standard InChI is InChI=1S/C27H37N7O4S/c1-17(2)16-38-23(14-29-7)30-19(4)21-12-11-20(25(31-21)34-15-18(3)13-27(34,5)6)26(35)33-39(36,37)24-10-8-9-22(28)32-24/h8-12,14,17-18H,7,13,15-16H2,1-6H3,(H2,28,32)(H,33,35)/b23-14+,30-19+/t18-/m0/s1. The number of carbonyl (C=O) groups excluding carboxylic acids is 1. The fourth-order valence-electron chi connectivity index (χ4n) is 4.45. The number of hydrogen-bond acceptors (Lipinski definition) is 10. The number of ether oxygens (including phenoxy) is 1. The summed E-state index contributed by atoms with van der Waals surface area (Å²) in [5, 5.41) is -0.350. The number of nitrogens with one attached hydrogen (secondary N) is 1. The van der Waals surface area contributed by atoms with Crippen LogP contribution in [0.3, 0.4) is 0 Å². The highest BCUT2D eigenvalue weighted by molar-refractivity contribution is 7.90. The van der Waals surface area contributed by atoms with Gasteiger partial charge in [0.15, 0.2) is 5.03 Å². The number of aromatic nitrogens is 2. The first-order valence-electron chi connectivity index (χ1n) is 12.7. The van der Waals surface area contributed by atoms with Crippen molar-refractivity contribution in [3.8, 4) is 0 Å². The number of anilines is 2. The summed E-state index contributed by atoms with van der Waals surface area (Å²) >= 11 is 0. The molecule has 39 heavy (non-hydrogen) atoms. The van der Waals surface area contributed by atoms with E-state index in [-0.39, 0.29) is 33.7 Å². The molecule has 2 aromatic rings. The quantitative estimate of drug-likeness (QED) is 0.332. The first-order valence-corrected chi connectivity index (χ1v) is 14.1. The molecule has 2 aromatic heterocycles. The molecular weight excluding hydrogens is 518 g/mol. The summed E-state index contributed by atoms with van der Waals surface area (Å²) < 4.78 is 33.7. The predicted octanol–water partition coefficient (Wildman–Crippen LogP) is 3.78. The minimum Gasteiger partial charge on any atom is -0.476 e. The van der Waals surface area contributed by atoms with Crippen LogP contribution in [0.1, 0.15) is 64.0 Å². The highest BCUT2D eigenvalue weighted by atomic mass is 32.2. The Morgan fingerprint density at radius 2 is 2.03 bits per heavy atom. The molecule has 1 fully saturated rings. The Bertz CT molecular complexity index is 1400. The first-order chi connectivity index (χ1) is 18.2. The maximum Gasteiger partial charge on any atom is 0.281 e. The van der Waals surface area contributed by atoms with Crippen LogP contribution < -0.4 is 15.4 Å². The third-order valence-corrected chi connectivity index (χ3v) is 7.34. The summed E-state index contributed by atoms with van der Waals surface area (Å²) in [7, 11) is -4.27. The second-order valence-electron chi connectivity index (χ2n) is 10.7. The molecule has 3 rings (SSSR count). The number of amides is 1. The van der Waals surface area contributed by atoms with E-state index in [1.807, 2.05) is 18.7 Å². The van der Waals surface area contributed by atoms with Crippen molar-refractivity contribution in [1.29, 1.82) is 0 Å². The Morgan fingerprint density at radius 3 is 2.62 bits per heavy atom. The Kier molecular flexibility index (Phi) is 9.10. The largest absolute Gasteiger partial charge is 0.476 e. The minimum absolute atomic E-state index is 0.0250. The number of aliphatic imine (C=N–C) groups is 2. The molecule has 1 amide bonds. The molecule has 0 spiro atoms. The number of pyridine rings is 2. The second-order valence-corrected chi connectivity index (χ2v) is 12.3. The van der Waals surface area contributed by atoms with Crippen LogP contribution >= 0.6 is 0 Å². The van der Waals surface area contributed by atoms with E-state index < -0.39 is 15.9 Å². The molecule has 0 aromatic carbocycles. The minimum atomic E-state index is -4.27. The first kappa shape index (κ1) is 29.8. The van der Waals surface area contributed by atoms with Crippen LogP contribution in [0, 0.1) is 11.8 Å². The molecule has 12 heteroatoms. The van der Waals surface area contributed by atoms with Gasteiger partial charge in [0.25, 0.3) is 15.9 Å². The van der Waals surface area contributed by atoms with Crippen LogP contribution in [-0.2, 0) is 14.8 Å². The maximum atomic E-state index is 13.4. The van der Waals surface area contributed by atoms with E-state index in [0.29, 0.717) is 36.3 Å². The van der Waals surface area contributed by atoms with Crippen LogP contribution in [0.15, 0.2) is 57.4 Å². The predicted molar refractivity (Wildman–Crippen MR) is 153 cm³/mol. The van der Waals surface area contributed by atoms with Crippen molar-refractivity contribution in [2.24, 2.45) is 21.8 Å². The van der Waals surface area contributed by atoms with Gasteiger partial charge in [0.05, 0.1) is 29.8 Å². The Balaban J connectivity index is 2.05. The van der Waals surface area contributed by atoms with E-state index in [2.05, 4.69) is 47.2 Å². The van der Waals surface area contributed by atoms with Crippen molar-refractivity contribution < 1.29 is 17.9 Å². The smallest absolute Gasteiger partial charge is 0.281 e. The third-order valence-electron chi connectivity index (χ3n) is 6.11. The van der Waals surface area contributed by atoms with Gasteiger partial charge in [0.1, 0.15) is 11.6 Å². The van der Waals surface area contributed by atoms with E-state index in [9.17, 15) is 13.2 Å². The lowest BCUT2D eigenvalue weighted by Gasteiger charge is -2.34. The number of nitrogens with two attached hydrogens (primary N) is 1. The van der Waals surface area contributed by atoms with E-state index in [0.717, 1.165) is 6.42 Å². The molecule has 0 aliphatic carbocycles. The molecule has 1 aliphatic heterocycles. The molecule has 210 valence electrons. The zero-order chi connectivity index (χ0) is 29.0. The van der Waals surface area contributed by atoms with Gasteiger partial charge in [-0.1, -0.05) is 26.8 Å². The van der Waals surface area contributed by atoms with Gasteiger partial charge in [-0.15, -0.1) is 0 Å². The van der Waals surface area contributed by atoms with Gasteiger partial charge in [-0.3, -0.25) is 9.79 Å². The van der Waals surface area contributed by atoms with Crippen LogP contribution in [-0.4, -0.2) is 55.4 Å². The van der Waals surface area contributed by atoms with E-state index in [1.54, 1.807) is 19.1 Å². The molecule has 1 atom stereocenters. The Labute approximate surface area is 230 Å². The molecule has 3 N–H and O–H groups in total. The van der Waals surface area contributed by atoms with Crippen molar-refractivity contribution in [2.45, 2.75) is 58.5 Å². The van der Waals surface area contributed by atoms with Gasteiger partial charge in [-0.25, -0.2) is 19.7 Å². The molecule has 0 radical (unpaired) electrons. The lowest BCUT2D eigenvalue weighted by atomic mass is 9.97. The molecule has 1 aliphatic rings. The average Bonchev–Trinajstić information content (AvgIpc) is 3.13. The van der Waals surface area contributed by atoms with Crippen LogP contribution in [0.5, 0.6) is 0 Å². The van der Waals surface area contributed by atoms with Crippen molar-refractivity contribution in [3.63, 3.8) is 0 Å². The summed E-state index contributed by atoms with van der Waals surface area (Å²) in [5.74, 6) is 0.479. The highest BCUT2D eigenvalue weighted by Crippen LogP contribution is 2.37. The lowest BCUT2D eigenvalue weighted by molar-refractivity contribution is 0.0981. The average molecular weight is 556 g/mol. The van der Waals surface area contributed by atoms with E-state index in [1.165, 1.54) is 24.4 Å². The number of nitrogens with zero attached hydrogens (tertiary/aromatic N) is 5. The third kappa shape index (κ3) is 7.41. The molecule has 3 heterocycles. The fourth-order valence-corrected chi connectivity index (χ4v) is 5.40. The number of nitrogen functional groups attached to an aromatic ring is 1. The topological polar surface area (TPSA) is 152 Å². The summed E-state index contributed by atoms with van der Waals surface area (Å²) in [4.78, 5) is 32.4. The summed E-state index contributed by atoms with van der Waals surface area (Å²) in [6, 6.07) is 7.36. The summed E-state index contributed by atoms with van der Waals surface area (Å²) in [6.45, 7) is 16.7. The maximum absolute atomic E-state index is 13.4. The van der Waals surface area contributed by atoms with Gasteiger partial charge in [0, 0.05) is 12.1 Å². The van der Waals surface area contributed by atoms with Crippen LogP contribution in [0.2, 0.25) is 0 Å². The van der Waals surface area contributed by atoms with Crippen molar-refractivity contribution in [1.82, 2.24) is 14.7 Å². The number of sulfonamides is 1. The highest BCUT2D eigenvalue weighted by Gasteiger charge is 2.39. The Hall–Kier alpha value is -3.80. The molecular formula is C27H37N7O4S. The normalized spacial score (nSPS) is 17.8. The van der Waals surface area contributed by atoms with Crippen LogP contribution in [0.25, 0.3) is 0 Å². The van der Waals surface area contributed by atoms with Gasteiger partial charge in [-0.05, 0) is 70.0 Å². The molecule has 11 nitrogen and oxygen atoms in total. The van der Waals surface area contributed by atoms with Gasteiger partial charge in [-0.2, -0.15) is 8.42 Å². The number of hydrogen-bond donors (Lipinski definition) is 2. The molecule has 1 saturated heterocycles. The molecule has 0 unspecified atom stereocenters. The van der Waals surface area contributed by atoms with E-state index >= 15 is 0 Å². The Morgan fingerprint density at radius 1 is 1.31 bits per heavy atom. The van der Waals surface area contributed by atoms with Gasteiger partial charge in [0.2, 0.25) is 5.88 Å². The van der Waals surface area contributed by atoms with Crippen molar-refractivity contribution in [2.75, 3.05) is 23.8 Å². The molecule has 0 saturated carbocycles. The second kappa shape index (κ2) is 11.9. The number of rotatable bonds is 10. The number of carbonyl (C=O) groups is 1. The SMILES string of the molecule is C=N/C=C(\N=C(/C)c1ccc(C(=O)NS(=O)(=O)c2cccc(N)n2)c(N2C[C@@H](C)CC2(C)C)n1)OCC(C)C. The zero-order valence-electron chi connectivity index (χ0n) is 23.3. The van der Waals surface area contributed by atoms with Crippen molar-refractivity contribution >= 4 is 40.0 Å². The van der Waals surface area contributed by atoms with Crippen LogP contribution in [0.4, 0.5) is 11.6 Å². The summed E-state index contributed by atoms with van der Waals surface area (Å²) in [6.07, 6.45) is 2.30.